The molecule has 31 heavy (non-hydrogen) atoms. The van der Waals surface area contributed by atoms with E-state index >= 15 is 0 Å². The largest absolute Gasteiger partial charge is 0.494 e. The molecule has 0 bridgehead atoms. The molecule has 0 aliphatic carbocycles. The van der Waals surface area contributed by atoms with Gasteiger partial charge in [0.15, 0.2) is 0 Å². The number of ether oxygens (including phenoxy) is 1. The zero-order valence-electron chi connectivity index (χ0n) is 17.0. The lowest BCUT2D eigenvalue weighted by atomic mass is 10.3. The number of unbranched alkanes of at least 4 members (excludes halogenated alkanes) is 1. The van der Waals surface area contributed by atoms with Crippen molar-refractivity contribution in [2.75, 3.05) is 6.61 Å². The average molecular weight is 449 g/mol. The Morgan fingerprint density at radius 1 is 0.806 bits per heavy atom. The SMILES string of the molecule is CCCCOc1ccc(S(OC(=O)C(F)(F)F)(c2ccccc2)c2ccccc2)cc1. The maximum atomic E-state index is 13.3. The number of carbonyl (C=O) groups is 1. The molecule has 7 heteroatoms. The van der Waals surface area contributed by atoms with Crippen molar-refractivity contribution >= 4 is 16.3 Å². The summed E-state index contributed by atoms with van der Waals surface area (Å²) in [6, 6.07) is 23.8. The van der Waals surface area contributed by atoms with E-state index in [1.54, 1.807) is 84.9 Å². The molecule has 3 aromatic rings. The first-order valence-corrected chi connectivity index (χ1v) is 11.4. The zero-order valence-corrected chi connectivity index (χ0v) is 17.8. The van der Waals surface area contributed by atoms with Crippen molar-refractivity contribution in [1.82, 2.24) is 0 Å². The summed E-state index contributed by atoms with van der Waals surface area (Å²) in [6.45, 7) is 2.60. The number of halogens is 3. The van der Waals surface area contributed by atoms with Gasteiger partial charge in [-0.25, -0.2) is 4.79 Å². The summed E-state index contributed by atoms with van der Waals surface area (Å²) >= 11 is 0. The number of benzene rings is 3. The monoisotopic (exact) mass is 448 g/mol. The molecule has 0 N–H and O–H groups in total. The minimum atomic E-state index is -5.12. The van der Waals surface area contributed by atoms with E-state index in [-0.39, 0.29) is 0 Å². The molecule has 0 aliphatic heterocycles. The fourth-order valence-electron chi connectivity index (χ4n) is 3.00. The Morgan fingerprint density at radius 2 is 1.29 bits per heavy atom. The summed E-state index contributed by atoms with van der Waals surface area (Å²) in [5, 5.41) is 0. The Labute approximate surface area is 181 Å². The van der Waals surface area contributed by atoms with Crippen LogP contribution in [0.5, 0.6) is 5.75 Å². The van der Waals surface area contributed by atoms with Gasteiger partial charge in [0, 0.05) is 14.7 Å². The Morgan fingerprint density at radius 3 is 1.74 bits per heavy atom. The van der Waals surface area contributed by atoms with Crippen LogP contribution in [0.3, 0.4) is 0 Å². The number of hydrogen-bond acceptors (Lipinski definition) is 3. The van der Waals surface area contributed by atoms with Gasteiger partial charge >= 0.3 is 12.1 Å². The molecule has 0 amide bonds. The van der Waals surface area contributed by atoms with Gasteiger partial charge in [-0.15, -0.1) is 0 Å². The van der Waals surface area contributed by atoms with Crippen LogP contribution in [0.15, 0.2) is 99.6 Å². The van der Waals surface area contributed by atoms with Gasteiger partial charge < -0.3 is 8.92 Å². The van der Waals surface area contributed by atoms with Crippen molar-refractivity contribution in [2.45, 2.75) is 40.6 Å². The quantitative estimate of drug-likeness (QED) is 0.343. The molecule has 0 unspecified atom stereocenters. The molecule has 0 radical (unpaired) electrons. The Hall–Kier alpha value is -2.93. The Kier molecular flexibility index (Phi) is 7.28. The molecule has 164 valence electrons. The molecule has 0 heterocycles. The highest BCUT2D eigenvalue weighted by Gasteiger charge is 2.47. The maximum absolute atomic E-state index is 13.3. The summed E-state index contributed by atoms with van der Waals surface area (Å²) in [4.78, 5) is 13.5. The van der Waals surface area contributed by atoms with Crippen LogP contribution in [-0.4, -0.2) is 18.8 Å². The highest BCUT2D eigenvalue weighted by Crippen LogP contribution is 2.69. The van der Waals surface area contributed by atoms with Crippen LogP contribution in [0.2, 0.25) is 0 Å². The number of alkyl halides is 3. The van der Waals surface area contributed by atoms with E-state index in [0.717, 1.165) is 12.8 Å². The van der Waals surface area contributed by atoms with E-state index in [9.17, 15) is 18.0 Å². The standard InChI is InChI=1S/C24H23F3O3S/c1-2-3-18-29-19-14-16-22(17-15-19)31(20-10-6-4-7-11-20,21-12-8-5-9-13-21)30-23(28)24(25,26)27/h4-17H,2-3,18H2,1H3. The van der Waals surface area contributed by atoms with Gasteiger partial charge in [0.25, 0.3) is 0 Å². The van der Waals surface area contributed by atoms with Crippen LogP contribution in [0, 0.1) is 0 Å². The van der Waals surface area contributed by atoms with Crippen molar-refractivity contribution in [3.05, 3.63) is 84.9 Å². The van der Waals surface area contributed by atoms with Gasteiger partial charge in [-0.05, 0) is 65.3 Å². The maximum Gasteiger partial charge on any atom is 0.491 e. The molecule has 0 aliphatic rings. The van der Waals surface area contributed by atoms with Crippen molar-refractivity contribution in [3.63, 3.8) is 0 Å². The molecule has 0 aromatic heterocycles. The lowest BCUT2D eigenvalue weighted by molar-refractivity contribution is -0.188. The van der Waals surface area contributed by atoms with Gasteiger partial charge in [-0.1, -0.05) is 49.7 Å². The predicted molar refractivity (Wildman–Crippen MR) is 114 cm³/mol. The molecular formula is C24H23F3O3S. The van der Waals surface area contributed by atoms with Gasteiger partial charge in [0.05, 0.1) is 6.61 Å². The molecule has 0 fully saturated rings. The number of hydrogen-bond donors (Lipinski definition) is 0. The van der Waals surface area contributed by atoms with Crippen LogP contribution in [-0.2, 0) is 8.98 Å². The minimum Gasteiger partial charge on any atom is -0.494 e. The second kappa shape index (κ2) is 9.92. The lowest BCUT2D eigenvalue weighted by Gasteiger charge is -2.39. The molecule has 3 aromatic carbocycles. The minimum absolute atomic E-state index is 0.463. The van der Waals surface area contributed by atoms with Crippen molar-refractivity contribution < 1.29 is 26.9 Å². The summed E-state index contributed by atoms with van der Waals surface area (Å²) in [7, 11) is -2.98. The lowest BCUT2D eigenvalue weighted by Crippen LogP contribution is -2.27. The summed E-state index contributed by atoms with van der Waals surface area (Å²) < 4.78 is 50.9. The molecule has 3 nitrogen and oxygen atoms in total. The number of carbonyl (C=O) groups excluding carboxylic acids is 1. The van der Waals surface area contributed by atoms with Crippen molar-refractivity contribution in [3.8, 4) is 5.75 Å². The predicted octanol–water partition coefficient (Wildman–Crippen LogP) is 7.17. The third kappa shape index (κ3) is 5.22. The van der Waals surface area contributed by atoms with E-state index in [0.29, 0.717) is 27.0 Å². The first-order valence-electron chi connectivity index (χ1n) is 9.85. The second-order valence-corrected chi connectivity index (χ2v) is 9.42. The van der Waals surface area contributed by atoms with Gasteiger partial charge in [-0.3, -0.25) is 0 Å². The van der Waals surface area contributed by atoms with Crippen molar-refractivity contribution in [1.29, 1.82) is 0 Å². The highest BCUT2D eigenvalue weighted by atomic mass is 32.3. The van der Waals surface area contributed by atoms with E-state index in [1.807, 2.05) is 0 Å². The third-order valence-electron chi connectivity index (χ3n) is 4.50. The summed E-state index contributed by atoms with van der Waals surface area (Å²) in [5.41, 5.74) is 0. The molecule has 0 atom stereocenters. The van der Waals surface area contributed by atoms with Crippen LogP contribution in [0.1, 0.15) is 19.8 Å². The fourth-order valence-corrected chi connectivity index (χ4v) is 6.03. The Bertz CT molecular complexity index is 935. The van der Waals surface area contributed by atoms with E-state index < -0.39 is 22.5 Å². The highest BCUT2D eigenvalue weighted by molar-refractivity contribution is 8.30. The molecular weight excluding hydrogens is 425 g/mol. The summed E-state index contributed by atoms with van der Waals surface area (Å²) in [6.07, 6.45) is -3.24. The Balaban J connectivity index is 2.16. The molecule has 0 saturated heterocycles. The molecule has 0 saturated carbocycles. The van der Waals surface area contributed by atoms with E-state index in [4.69, 9.17) is 8.92 Å². The first kappa shape index (κ1) is 22.7. The fraction of sp³-hybridized carbons (Fsp3) is 0.208. The summed E-state index contributed by atoms with van der Waals surface area (Å²) in [5.74, 6) is -1.62. The normalized spacial score (nSPS) is 12.3. The van der Waals surface area contributed by atoms with Crippen LogP contribution in [0.4, 0.5) is 13.2 Å². The van der Waals surface area contributed by atoms with E-state index in [1.165, 1.54) is 0 Å². The molecule has 0 spiro atoms. The van der Waals surface area contributed by atoms with Crippen molar-refractivity contribution in [2.24, 2.45) is 0 Å². The van der Waals surface area contributed by atoms with E-state index in [2.05, 4.69) is 6.92 Å². The first-order chi connectivity index (χ1) is 14.9. The van der Waals surface area contributed by atoms with Crippen LogP contribution < -0.4 is 4.74 Å². The van der Waals surface area contributed by atoms with Gasteiger partial charge in [0.2, 0.25) is 0 Å². The average Bonchev–Trinajstić information content (AvgIpc) is 2.78. The number of rotatable bonds is 8. The van der Waals surface area contributed by atoms with Crippen LogP contribution in [0.25, 0.3) is 0 Å². The third-order valence-corrected chi connectivity index (χ3v) is 7.71. The van der Waals surface area contributed by atoms with Crippen LogP contribution >= 0.6 is 10.3 Å². The van der Waals surface area contributed by atoms with Gasteiger partial charge in [-0.2, -0.15) is 13.2 Å². The van der Waals surface area contributed by atoms with Gasteiger partial charge in [0.1, 0.15) is 5.75 Å². The topological polar surface area (TPSA) is 35.5 Å². The smallest absolute Gasteiger partial charge is 0.491 e. The second-order valence-electron chi connectivity index (χ2n) is 6.72. The zero-order chi connectivity index (χ0) is 22.3. The molecule has 3 rings (SSSR count).